The summed E-state index contributed by atoms with van der Waals surface area (Å²) in [5.74, 6) is -0.00407. The van der Waals surface area contributed by atoms with Gasteiger partial charge in [-0.05, 0) is 32.9 Å². The Kier molecular flexibility index (Phi) is 4.40. The van der Waals surface area contributed by atoms with Crippen molar-refractivity contribution < 1.29 is 13.3 Å². The van der Waals surface area contributed by atoms with E-state index in [1.807, 2.05) is 20.8 Å². The lowest BCUT2D eigenvalue weighted by Crippen LogP contribution is -2.19. The molecule has 1 aromatic carbocycles. The molecule has 0 radical (unpaired) electrons. The average molecular weight is 257 g/mol. The molecule has 0 bridgehead atoms. The first-order chi connectivity index (χ1) is 7.84. The minimum absolute atomic E-state index is 0.375. The Morgan fingerprint density at radius 2 is 2.06 bits per heavy atom. The monoisotopic (exact) mass is 257 g/mol. The molecule has 0 N–H and O–H groups in total. The summed E-state index contributed by atoms with van der Waals surface area (Å²) in [5.41, 5.74) is 0.603. The summed E-state index contributed by atoms with van der Waals surface area (Å²) in [6.45, 7) is 5.51. The number of benzene rings is 1. The van der Waals surface area contributed by atoms with E-state index in [1.165, 1.54) is 31.5 Å². The van der Waals surface area contributed by atoms with E-state index >= 15 is 0 Å². The highest BCUT2D eigenvalue weighted by Crippen LogP contribution is 2.18. The van der Waals surface area contributed by atoms with Gasteiger partial charge < -0.3 is 4.74 Å². The molecule has 0 heterocycles. The van der Waals surface area contributed by atoms with E-state index in [4.69, 9.17) is 4.74 Å². The summed E-state index contributed by atoms with van der Waals surface area (Å²) < 4.78 is 33.2. The van der Waals surface area contributed by atoms with Crippen molar-refractivity contribution in [2.24, 2.45) is 4.40 Å². The highest BCUT2D eigenvalue weighted by Gasteiger charge is 2.18. The standard InChI is InChI=1S/C12H16FNO2S/c1-12(2,3)17(15)14-8-9-5-6-10(13)7-11(9)16-4/h5-8H,1-4H3/t17-/m1/s1. The second-order valence-corrected chi connectivity index (χ2v) is 6.42. The Balaban J connectivity index is 2.96. The van der Waals surface area contributed by atoms with Crippen molar-refractivity contribution in [3.8, 4) is 5.75 Å². The van der Waals surface area contributed by atoms with E-state index in [-0.39, 0.29) is 5.82 Å². The third kappa shape index (κ3) is 3.93. The topological polar surface area (TPSA) is 38.7 Å². The van der Waals surface area contributed by atoms with Crippen LogP contribution in [0.2, 0.25) is 0 Å². The van der Waals surface area contributed by atoms with Crippen LogP contribution in [0.1, 0.15) is 26.3 Å². The number of hydrogen-bond donors (Lipinski definition) is 0. The minimum Gasteiger partial charge on any atom is -0.496 e. The van der Waals surface area contributed by atoms with Crippen LogP contribution in [-0.4, -0.2) is 22.3 Å². The summed E-state index contributed by atoms with van der Waals surface area (Å²) in [6, 6.07) is 4.11. The van der Waals surface area contributed by atoms with Crippen LogP contribution < -0.4 is 4.74 Å². The first-order valence-electron chi connectivity index (χ1n) is 5.14. The largest absolute Gasteiger partial charge is 0.496 e. The van der Waals surface area contributed by atoms with Crippen LogP contribution in [0.4, 0.5) is 4.39 Å². The predicted molar refractivity (Wildman–Crippen MR) is 68.4 cm³/mol. The van der Waals surface area contributed by atoms with Crippen molar-refractivity contribution >= 4 is 17.2 Å². The number of rotatable bonds is 3. The fraction of sp³-hybridized carbons (Fsp3) is 0.417. The maximum Gasteiger partial charge on any atom is 0.144 e. The van der Waals surface area contributed by atoms with Gasteiger partial charge in [-0.25, -0.2) is 8.60 Å². The maximum absolute atomic E-state index is 12.9. The minimum atomic E-state index is -1.33. The molecule has 5 heteroatoms. The molecular formula is C12H16FNO2S. The van der Waals surface area contributed by atoms with Crippen molar-refractivity contribution in [3.05, 3.63) is 29.6 Å². The number of nitrogens with zero attached hydrogens (tertiary/aromatic N) is 1. The van der Waals surface area contributed by atoms with E-state index in [2.05, 4.69) is 4.40 Å². The van der Waals surface area contributed by atoms with Gasteiger partial charge in [0.15, 0.2) is 0 Å². The van der Waals surface area contributed by atoms with Crippen LogP contribution in [0, 0.1) is 5.82 Å². The number of halogens is 1. The Morgan fingerprint density at radius 3 is 2.59 bits per heavy atom. The lowest BCUT2D eigenvalue weighted by molar-refractivity contribution is 0.410. The Morgan fingerprint density at radius 1 is 1.41 bits per heavy atom. The molecule has 0 aromatic heterocycles. The fourth-order valence-corrected chi connectivity index (χ4v) is 1.58. The van der Waals surface area contributed by atoms with Crippen molar-refractivity contribution in [3.63, 3.8) is 0 Å². The first-order valence-corrected chi connectivity index (χ1v) is 6.25. The van der Waals surface area contributed by atoms with Crippen molar-refractivity contribution in [1.82, 2.24) is 0 Å². The van der Waals surface area contributed by atoms with Crippen molar-refractivity contribution in [2.45, 2.75) is 25.5 Å². The predicted octanol–water partition coefficient (Wildman–Crippen LogP) is 2.72. The molecule has 0 spiro atoms. The number of ether oxygens (including phenoxy) is 1. The highest BCUT2D eigenvalue weighted by molar-refractivity contribution is 7.85. The second-order valence-electron chi connectivity index (χ2n) is 4.48. The smallest absolute Gasteiger partial charge is 0.144 e. The molecule has 1 atom stereocenters. The normalized spacial score (nSPS) is 13.9. The van der Waals surface area contributed by atoms with Crippen LogP contribution >= 0.6 is 0 Å². The number of methoxy groups -OCH3 is 1. The quantitative estimate of drug-likeness (QED) is 0.781. The van der Waals surface area contributed by atoms with Gasteiger partial charge in [0.1, 0.15) is 22.6 Å². The zero-order valence-electron chi connectivity index (χ0n) is 10.4. The van der Waals surface area contributed by atoms with Crippen LogP contribution in [0.3, 0.4) is 0 Å². The highest BCUT2D eigenvalue weighted by atomic mass is 32.2. The van der Waals surface area contributed by atoms with E-state index < -0.39 is 15.7 Å². The molecule has 1 aromatic rings. The molecule has 0 saturated heterocycles. The van der Waals surface area contributed by atoms with E-state index in [9.17, 15) is 8.60 Å². The molecule has 0 fully saturated rings. The van der Waals surface area contributed by atoms with Crippen LogP contribution in [-0.2, 0) is 11.0 Å². The molecule has 17 heavy (non-hydrogen) atoms. The zero-order valence-corrected chi connectivity index (χ0v) is 11.2. The molecular weight excluding hydrogens is 241 g/mol. The van der Waals surface area contributed by atoms with Gasteiger partial charge in [-0.1, -0.05) is 0 Å². The molecule has 0 aliphatic carbocycles. The van der Waals surface area contributed by atoms with Gasteiger partial charge in [0.2, 0.25) is 0 Å². The van der Waals surface area contributed by atoms with Gasteiger partial charge in [-0.2, -0.15) is 4.40 Å². The zero-order chi connectivity index (χ0) is 13.1. The summed E-state index contributed by atoms with van der Waals surface area (Å²) >= 11 is 0. The molecule has 0 amide bonds. The van der Waals surface area contributed by atoms with Crippen LogP contribution in [0.25, 0.3) is 0 Å². The molecule has 3 nitrogen and oxygen atoms in total. The van der Waals surface area contributed by atoms with Gasteiger partial charge in [-0.3, -0.25) is 0 Å². The maximum atomic E-state index is 12.9. The van der Waals surface area contributed by atoms with Crippen molar-refractivity contribution in [2.75, 3.05) is 7.11 Å². The summed E-state index contributed by atoms with van der Waals surface area (Å²) in [4.78, 5) is 0. The summed E-state index contributed by atoms with van der Waals surface area (Å²) in [6.07, 6.45) is 1.44. The molecule has 1 rings (SSSR count). The van der Waals surface area contributed by atoms with E-state index in [1.54, 1.807) is 0 Å². The van der Waals surface area contributed by atoms with E-state index in [0.717, 1.165) is 0 Å². The molecule has 0 unspecified atom stereocenters. The lowest BCUT2D eigenvalue weighted by Gasteiger charge is -2.13. The molecule has 0 aliphatic rings. The van der Waals surface area contributed by atoms with Gasteiger partial charge in [0.05, 0.1) is 11.9 Å². The summed E-state index contributed by atoms with van der Waals surface area (Å²) in [5, 5.41) is 0. The second kappa shape index (κ2) is 5.40. The molecule has 0 saturated carbocycles. The average Bonchev–Trinajstić information content (AvgIpc) is 2.25. The van der Waals surface area contributed by atoms with Gasteiger partial charge in [0.25, 0.3) is 0 Å². The Bertz CT molecular complexity index is 452. The fourth-order valence-electron chi connectivity index (χ4n) is 1.05. The van der Waals surface area contributed by atoms with Crippen LogP contribution in [0.5, 0.6) is 5.75 Å². The van der Waals surface area contributed by atoms with Gasteiger partial charge in [0, 0.05) is 17.8 Å². The van der Waals surface area contributed by atoms with Crippen LogP contribution in [0.15, 0.2) is 22.6 Å². The number of hydrogen-bond acceptors (Lipinski definition) is 2. The molecule has 94 valence electrons. The Labute approximate surface area is 103 Å². The first kappa shape index (κ1) is 13.8. The van der Waals surface area contributed by atoms with Gasteiger partial charge in [-0.15, -0.1) is 0 Å². The summed E-state index contributed by atoms with van der Waals surface area (Å²) in [7, 11) is 0.118. The lowest BCUT2D eigenvalue weighted by atomic mass is 10.2. The van der Waals surface area contributed by atoms with Gasteiger partial charge >= 0.3 is 0 Å². The van der Waals surface area contributed by atoms with E-state index in [0.29, 0.717) is 11.3 Å². The molecule has 0 aliphatic heterocycles. The third-order valence-corrected chi connectivity index (χ3v) is 3.35. The SMILES string of the molecule is COc1cc(F)ccc1C=N[S@](=O)C(C)(C)C. The third-order valence-electron chi connectivity index (χ3n) is 2.01. The Hall–Kier alpha value is -1.23. The van der Waals surface area contributed by atoms with Crippen molar-refractivity contribution in [1.29, 1.82) is 0 Å².